The molecule has 1 aliphatic rings. The zero-order chi connectivity index (χ0) is 10.6. The molecule has 2 nitrogen and oxygen atoms in total. The van der Waals surface area contributed by atoms with Gasteiger partial charge in [-0.25, -0.2) is 0 Å². The van der Waals surface area contributed by atoms with Crippen molar-refractivity contribution in [3.8, 4) is 0 Å². The molecule has 2 N–H and O–H groups in total. The van der Waals surface area contributed by atoms with Gasteiger partial charge in [0.1, 0.15) is 0 Å². The minimum atomic E-state index is 0.454. The van der Waals surface area contributed by atoms with Gasteiger partial charge in [-0.05, 0) is 37.8 Å². The summed E-state index contributed by atoms with van der Waals surface area (Å²) >= 11 is 0. The predicted octanol–water partition coefficient (Wildman–Crippen LogP) is 2.09. The summed E-state index contributed by atoms with van der Waals surface area (Å²) in [4.78, 5) is 2.59. The van der Waals surface area contributed by atoms with E-state index in [1.54, 1.807) is 0 Å². The molecule has 2 unspecified atom stereocenters. The van der Waals surface area contributed by atoms with Crippen molar-refractivity contribution in [1.82, 2.24) is 4.90 Å². The van der Waals surface area contributed by atoms with Crippen LogP contribution in [-0.4, -0.2) is 30.6 Å². The van der Waals surface area contributed by atoms with Crippen LogP contribution in [-0.2, 0) is 0 Å². The Morgan fingerprint density at radius 2 is 2.14 bits per heavy atom. The molecule has 2 heteroatoms. The highest BCUT2D eigenvalue weighted by molar-refractivity contribution is 4.81. The van der Waals surface area contributed by atoms with Gasteiger partial charge < -0.3 is 10.6 Å². The van der Waals surface area contributed by atoms with Crippen LogP contribution in [0.5, 0.6) is 0 Å². The van der Waals surface area contributed by atoms with E-state index in [1.807, 2.05) is 0 Å². The maximum absolute atomic E-state index is 6.08. The number of nitrogens with zero attached hydrogens (tertiary/aromatic N) is 1. The first kappa shape index (κ1) is 12.0. The Balaban J connectivity index is 2.27. The molecule has 0 bridgehead atoms. The molecule has 1 rings (SSSR count). The SMILES string of the molecule is CCC1CN(CCC(C)C)CCC1N. The molecule has 0 spiro atoms. The Kier molecular flexibility index (Phi) is 4.90. The monoisotopic (exact) mass is 198 g/mol. The minimum Gasteiger partial charge on any atom is -0.327 e. The smallest absolute Gasteiger partial charge is 0.00914 e. The third-order valence-electron chi connectivity index (χ3n) is 3.42. The van der Waals surface area contributed by atoms with Gasteiger partial charge >= 0.3 is 0 Å². The molecule has 0 aromatic heterocycles. The first-order chi connectivity index (χ1) is 6.63. The Morgan fingerprint density at radius 3 is 2.71 bits per heavy atom. The molecule has 1 fully saturated rings. The van der Waals surface area contributed by atoms with Crippen LogP contribution < -0.4 is 5.73 Å². The number of nitrogens with two attached hydrogens (primary N) is 1. The van der Waals surface area contributed by atoms with Crippen molar-refractivity contribution in [2.24, 2.45) is 17.6 Å². The quantitative estimate of drug-likeness (QED) is 0.749. The molecule has 0 aliphatic carbocycles. The van der Waals surface area contributed by atoms with E-state index in [0.29, 0.717) is 6.04 Å². The van der Waals surface area contributed by atoms with E-state index in [2.05, 4.69) is 25.7 Å². The van der Waals surface area contributed by atoms with Crippen LogP contribution in [0.2, 0.25) is 0 Å². The maximum Gasteiger partial charge on any atom is 0.00914 e. The molecule has 84 valence electrons. The average Bonchev–Trinajstić information content (AvgIpc) is 2.16. The van der Waals surface area contributed by atoms with Gasteiger partial charge in [0.2, 0.25) is 0 Å². The van der Waals surface area contributed by atoms with Crippen molar-refractivity contribution in [2.75, 3.05) is 19.6 Å². The molecule has 0 radical (unpaired) electrons. The topological polar surface area (TPSA) is 29.3 Å². The fraction of sp³-hybridized carbons (Fsp3) is 1.00. The molecule has 0 aromatic carbocycles. The van der Waals surface area contributed by atoms with E-state index in [9.17, 15) is 0 Å². The van der Waals surface area contributed by atoms with Gasteiger partial charge in [0.25, 0.3) is 0 Å². The number of hydrogen-bond acceptors (Lipinski definition) is 2. The third-order valence-corrected chi connectivity index (χ3v) is 3.42. The zero-order valence-corrected chi connectivity index (χ0v) is 10.00. The van der Waals surface area contributed by atoms with Crippen LogP contribution in [0.15, 0.2) is 0 Å². The molecule has 14 heavy (non-hydrogen) atoms. The van der Waals surface area contributed by atoms with Gasteiger partial charge in [-0.3, -0.25) is 0 Å². The molecule has 1 heterocycles. The Labute approximate surface area is 88.8 Å². The van der Waals surface area contributed by atoms with Gasteiger partial charge in [-0.15, -0.1) is 0 Å². The summed E-state index contributed by atoms with van der Waals surface area (Å²) in [5, 5.41) is 0. The van der Waals surface area contributed by atoms with Crippen LogP contribution in [0.1, 0.15) is 40.0 Å². The van der Waals surface area contributed by atoms with Crippen LogP contribution in [0.3, 0.4) is 0 Å². The number of rotatable bonds is 4. The number of likely N-dealkylation sites (tertiary alicyclic amines) is 1. The summed E-state index contributed by atoms with van der Waals surface area (Å²) < 4.78 is 0. The fourth-order valence-electron chi connectivity index (χ4n) is 2.20. The highest BCUT2D eigenvalue weighted by Gasteiger charge is 2.24. The van der Waals surface area contributed by atoms with E-state index in [1.165, 1.54) is 38.9 Å². The summed E-state index contributed by atoms with van der Waals surface area (Å²) in [5.74, 6) is 1.56. The fourth-order valence-corrected chi connectivity index (χ4v) is 2.20. The summed E-state index contributed by atoms with van der Waals surface area (Å²) in [6.07, 6.45) is 3.75. The molecule has 1 saturated heterocycles. The normalized spacial score (nSPS) is 29.8. The predicted molar refractivity (Wildman–Crippen MR) is 62.3 cm³/mol. The van der Waals surface area contributed by atoms with E-state index in [4.69, 9.17) is 5.73 Å². The second-order valence-electron chi connectivity index (χ2n) is 5.10. The molecule has 0 amide bonds. The summed E-state index contributed by atoms with van der Waals surface area (Å²) in [6.45, 7) is 10.6. The van der Waals surface area contributed by atoms with Crippen molar-refractivity contribution < 1.29 is 0 Å². The molecular formula is C12H26N2. The Morgan fingerprint density at radius 1 is 1.43 bits per heavy atom. The van der Waals surface area contributed by atoms with Gasteiger partial charge in [0.05, 0.1) is 0 Å². The lowest BCUT2D eigenvalue weighted by atomic mass is 9.90. The summed E-state index contributed by atoms with van der Waals surface area (Å²) in [5.41, 5.74) is 6.08. The number of hydrogen-bond donors (Lipinski definition) is 1. The van der Waals surface area contributed by atoms with Crippen LogP contribution in [0, 0.1) is 11.8 Å². The van der Waals surface area contributed by atoms with E-state index >= 15 is 0 Å². The van der Waals surface area contributed by atoms with E-state index in [-0.39, 0.29) is 0 Å². The maximum atomic E-state index is 6.08. The highest BCUT2D eigenvalue weighted by Crippen LogP contribution is 2.19. The van der Waals surface area contributed by atoms with Crippen molar-refractivity contribution in [2.45, 2.75) is 46.1 Å². The second-order valence-corrected chi connectivity index (χ2v) is 5.10. The average molecular weight is 198 g/mol. The second kappa shape index (κ2) is 5.72. The molecule has 0 aromatic rings. The lowest BCUT2D eigenvalue weighted by molar-refractivity contribution is 0.146. The van der Waals surface area contributed by atoms with Crippen molar-refractivity contribution >= 4 is 0 Å². The van der Waals surface area contributed by atoms with Gasteiger partial charge in [-0.2, -0.15) is 0 Å². The molecule has 0 saturated carbocycles. The Hall–Kier alpha value is -0.0800. The zero-order valence-electron chi connectivity index (χ0n) is 10.00. The van der Waals surface area contributed by atoms with Crippen LogP contribution >= 0.6 is 0 Å². The molecular weight excluding hydrogens is 172 g/mol. The summed E-state index contributed by atoms with van der Waals surface area (Å²) in [7, 11) is 0. The summed E-state index contributed by atoms with van der Waals surface area (Å²) in [6, 6.07) is 0.454. The van der Waals surface area contributed by atoms with Crippen molar-refractivity contribution in [1.29, 1.82) is 0 Å². The molecule has 2 atom stereocenters. The third kappa shape index (κ3) is 3.58. The lowest BCUT2D eigenvalue weighted by Gasteiger charge is -2.36. The highest BCUT2D eigenvalue weighted by atomic mass is 15.1. The Bertz CT molecular complexity index is 156. The lowest BCUT2D eigenvalue weighted by Crippen LogP contribution is -2.47. The van der Waals surface area contributed by atoms with E-state index < -0.39 is 0 Å². The van der Waals surface area contributed by atoms with Crippen LogP contribution in [0.25, 0.3) is 0 Å². The van der Waals surface area contributed by atoms with Crippen molar-refractivity contribution in [3.63, 3.8) is 0 Å². The largest absolute Gasteiger partial charge is 0.327 e. The first-order valence-electron chi connectivity index (χ1n) is 6.11. The van der Waals surface area contributed by atoms with Gasteiger partial charge in [-0.1, -0.05) is 27.2 Å². The number of piperidine rings is 1. The molecule has 1 aliphatic heterocycles. The first-order valence-corrected chi connectivity index (χ1v) is 6.11. The minimum absolute atomic E-state index is 0.454. The van der Waals surface area contributed by atoms with Gasteiger partial charge in [0.15, 0.2) is 0 Å². The van der Waals surface area contributed by atoms with E-state index in [0.717, 1.165) is 11.8 Å². The standard InChI is InChI=1S/C12H26N2/c1-4-11-9-14(7-5-10(2)3)8-6-12(11)13/h10-12H,4-9,13H2,1-3H3. The van der Waals surface area contributed by atoms with Gasteiger partial charge in [0, 0.05) is 12.6 Å². The van der Waals surface area contributed by atoms with Crippen molar-refractivity contribution in [3.05, 3.63) is 0 Å². The van der Waals surface area contributed by atoms with Crippen LogP contribution in [0.4, 0.5) is 0 Å².